The highest BCUT2D eigenvalue weighted by atomic mass is 15.4. The Morgan fingerprint density at radius 3 is 2.65 bits per heavy atom. The Bertz CT molecular complexity index is 356. The molecule has 0 atom stereocenters. The predicted octanol–water partition coefficient (Wildman–Crippen LogP) is 2.65. The smallest absolute Gasteiger partial charge is 0.0702 e. The summed E-state index contributed by atoms with van der Waals surface area (Å²) in [5.41, 5.74) is 2.80. The maximum absolute atomic E-state index is 3.81. The largest absolute Gasteiger partial charge is 0.364 e. The lowest BCUT2D eigenvalue weighted by Gasteiger charge is -2.15. The van der Waals surface area contributed by atoms with Gasteiger partial charge in [0.25, 0.3) is 0 Å². The fourth-order valence-corrected chi connectivity index (χ4v) is 2.26. The van der Waals surface area contributed by atoms with Crippen LogP contribution in [0.15, 0.2) is 37.0 Å². The van der Waals surface area contributed by atoms with Gasteiger partial charge in [0.05, 0.1) is 6.67 Å². The molecular formula is C15H22N2. The Morgan fingerprint density at radius 2 is 2.00 bits per heavy atom. The summed E-state index contributed by atoms with van der Waals surface area (Å²) >= 11 is 0. The van der Waals surface area contributed by atoms with Gasteiger partial charge in [-0.25, -0.2) is 0 Å². The summed E-state index contributed by atoms with van der Waals surface area (Å²) in [5, 5.41) is 0. The quantitative estimate of drug-likeness (QED) is 0.767. The van der Waals surface area contributed by atoms with Gasteiger partial charge in [-0.3, -0.25) is 4.90 Å². The van der Waals surface area contributed by atoms with Gasteiger partial charge in [0.1, 0.15) is 0 Å². The van der Waals surface area contributed by atoms with Crippen molar-refractivity contribution >= 4 is 0 Å². The minimum atomic E-state index is 1.05. The zero-order valence-corrected chi connectivity index (χ0v) is 10.7. The first kappa shape index (κ1) is 12.2. The summed E-state index contributed by atoms with van der Waals surface area (Å²) in [4.78, 5) is 4.77. The monoisotopic (exact) mass is 230 g/mol. The van der Waals surface area contributed by atoms with Crippen molar-refractivity contribution in [2.45, 2.75) is 19.8 Å². The summed E-state index contributed by atoms with van der Waals surface area (Å²) in [5.74, 6) is 0. The second kappa shape index (κ2) is 5.87. The van der Waals surface area contributed by atoms with Crippen LogP contribution in [0.5, 0.6) is 0 Å². The topological polar surface area (TPSA) is 6.48 Å². The molecule has 0 spiro atoms. The van der Waals surface area contributed by atoms with E-state index in [4.69, 9.17) is 0 Å². The molecule has 1 aliphatic rings. The van der Waals surface area contributed by atoms with Crippen molar-refractivity contribution in [3.05, 3.63) is 48.2 Å². The molecule has 0 aromatic heterocycles. The van der Waals surface area contributed by atoms with E-state index >= 15 is 0 Å². The molecule has 1 aliphatic heterocycles. The average molecular weight is 230 g/mol. The molecule has 1 heterocycles. The number of hydrogen-bond acceptors (Lipinski definition) is 2. The summed E-state index contributed by atoms with van der Waals surface area (Å²) in [7, 11) is 0. The van der Waals surface area contributed by atoms with Gasteiger partial charge in [-0.1, -0.05) is 36.4 Å². The van der Waals surface area contributed by atoms with Crippen molar-refractivity contribution in [2.24, 2.45) is 0 Å². The molecule has 0 bridgehead atoms. The molecule has 92 valence electrons. The zero-order valence-electron chi connectivity index (χ0n) is 10.7. The molecule has 0 unspecified atom stereocenters. The molecule has 17 heavy (non-hydrogen) atoms. The Kier molecular flexibility index (Phi) is 4.21. The van der Waals surface area contributed by atoms with Gasteiger partial charge < -0.3 is 4.90 Å². The van der Waals surface area contributed by atoms with Gasteiger partial charge in [0, 0.05) is 19.6 Å². The standard InChI is InChI=1S/C15H22N2/c1-3-16-11-12-17(13-16)10-4-5-15-8-6-14(2)7-9-15/h3,6-9H,1,4-5,10-13H2,2H3. The normalized spacial score (nSPS) is 16.4. The number of rotatable bonds is 5. The Morgan fingerprint density at radius 1 is 1.24 bits per heavy atom. The van der Waals surface area contributed by atoms with E-state index in [1.165, 1.54) is 37.1 Å². The van der Waals surface area contributed by atoms with E-state index in [0.29, 0.717) is 0 Å². The molecule has 1 aromatic carbocycles. The van der Waals surface area contributed by atoms with E-state index < -0.39 is 0 Å². The molecule has 2 heteroatoms. The molecule has 0 radical (unpaired) electrons. The number of nitrogens with zero attached hydrogens (tertiary/aromatic N) is 2. The first-order chi connectivity index (χ1) is 8.28. The van der Waals surface area contributed by atoms with Crippen molar-refractivity contribution in [2.75, 3.05) is 26.3 Å². The van der Waals surface area contributed by atoms with Gasteiger partial charge in [-0.15, -0.1) is 0 Å². The van der Waals surface area contributed by atoms with Crippen LogP contribution in [0.4, 0.5) is 0 Å². The average Bonchev–Trinajstić information content (AvgIpc) is 2.80. The molecule has 1 aromatic rings. The van der Waals surface area contributed by atoms with Gasteiger partial charge >= 0.3 is 0 Å². The van der Waals surface area contributed by atoms with Crippen LogP contribution < -0.4 is 0 Å². The number of hydrogen-bond donors (Lipinski definition) is 0. The molecule has 0 saturated carbocycles. The van der Waals surface area contributed by atoms with Crippen LogP contribution in [-0.2, 0) is 6.42 Å². The molecule has 0 N–H and O–H groups in total. The lowest BCUT2D eigenvalue weighted by Crippen LogP contribution is -2.24. The third kappa shape index (κ3) is 3.60. The van der Waals surface area contributed by atoms with E-state index in [9.17, 15) is 0 Å². The van der Waals surface area contributed by atoms with Gasteiger partial charge in [-0.2, -0.15) is 0 Å². The fourth-order valence-electron chi connectivity index (χ4n) is 2.26. The highest BCUT2D eigenvalue weighted by Gasteiger charge is 2.15. The van der Waals surface area contributed by atoms with Crippen LogP contribution in [0.3, 0.4) is 0 Å². The molecule has 0 amide bonds. The second-order valence-electron chi connectivity index (χ2n) is 4.84. The van der Waals surface area contributed by atoms with Crippen molar-refractivity contribution in [3.8, 4) is 0 Å². The Labute approximate surface area is 105 Å². The maximum atomic E-state index is 3.81. The van der Waals surface area contributed by atoms with E-state index in [0.717, 1.165) is 13.2 Å². The summed E-state index contributed by atoms with van der Waals surface area (Å²) in [6.07, 6.45) is 4.37. The summed E-state index contributed by atoms with van der Waals surface area (Å²) in [6, 6.07) is 8.89. The zero-order chi connectivity index (χ0) is 12.1. The van der Waals surface area contributed by atoms with Gasteiger partial charge in [0.2, 0.25) is 0 Å². The van der Waals surface area contributed by atoms with E-state index in [2.05, 4.69) is 47.6 Å². The number of benzene rings is 1. The van der Waals surface area contributed by atoms with Gasteiger partial charge in [-0.05, 0) is 31.5 Å². The van der Waals surface area contributed by atoms with Crippen LogP contribution in [-0.4, -0.2) is 36.1 Å². The highest BCUT2D eigenvalue weighted by molar-refractivity contribution is 5.21. The van der Waals surface area contributed by atoms with Crippen molar-refractivity contribution in [1.29, 1.82) is 0 Å². The predicted molar refractivity (Wildman–Crippen MR) is 72.8 cm³/mol. The lowest BCUT2D eigenvalue weighted by atomic mass is 10.1. The first-order valence-electron chi connectivity index (χ1n) is 6.42. The van der Waals surface area contributed by atoms with Crippen LogP contribution >= 0.6 is 0 Å². The summed E-state index contributed by atoms with van der Waals surface area (Å²) in [6.45, 7) is 10.5. The molecule has 0 aliphatic carbocycles. The molecule has 1 saturated heterocycles. The SMILES string of the molecule is C=CN1CCN(CCCc2ccc(C)cc2)C1. The molecule has 1 fully saturated rings. The van der Waals surface area contributed by atoms with Crippen LogP contribution in [0.25, 0.3) is 0 Å². The number of aryl methyl sites for hydroxylation is 2. The minimum absolute atomic E-state index is 1.05. The second-order valence-corrected chi connectivity index (χ2v) is 4.84. The molecule has 2 rings (SSSR count). The Balaban J connectivity index is 1.69. The third-order valence-electron chi connectivity index (χ3n) is 3.40. The fraction of sp³-hybridized carbons (Fsp3) is 0.467. The first-order valence-corrected chi connectivity index (χ1v) is 6.42. The third-order valence-corrected chi connectivity index (χ3v) is 3.40. The molecular weight excluding hydrogens is 208 g/mol. The van der Waals surface area contributed by atoms with Crippen molar-refractivity contribution in [1.82, 2.24) is 9.80 Å². The van der Waals surface area contributed by atoms with E-state index in [1.54, 1.807) is 0 Å². The maximum Gasteiger partial charge on any atom is 0.0702 e. The van der Waals surface area contributed by atoms with Crippen LogP contribution in [0, 0.1) is 6.92 Å². The van der Waals surface area contributed by atoms with Crippen molar-refractivity contribution in [3.63, 3.8) is 0 Å². The van der Waals surface area contributed by atoms with E-state index in [1.807, 2.05) is 6.20 Å². The van der Waals surface area contributed by atoms with Crippen LogP contribution in [0.2, 0.25) is 0 Å². The van der Waals surface area contributed by atoms with Crippen LogP contribution in [0.1, 0.15) is 17.5 Å². The van der Waals surface area contributed by atoms with Gasteiger partial charge in [0.15, 0.2) is 0 Å². The molecule has 2 nitrogen and oxygen atoms in total. The minimum Gasteiger partial charge on any atom is -0.364 e. The summed E-state index contributed by atoms with van der Waals surface area (Å²) < 4.78 is 0. The highest BCUT2D eigenvalue weighted by Crippen LogP contribution is 2.09. The lowest BCUT2D eigenvalue weighted by molar-refractivity contribution is 0.286. The Hall–Kier alpha value is -1.28. The van der Waals surface area contributed by atoms with Crippen molar-refractivity contribution < 1.29 is 0 Å². The van der Waals surface area contributed by atoms with E-state index in [-0.39, 0.29) is 0 Å².